The van der Waals surface area contributed by atoms with Crippen molar-refractivity contribution in [1.82, 2.24) is 9.80 Å². The molecule has 0 bridgehead atoms. The van der Waals surface area contributed by atoms with Gasteiger partial charge in [0.05, 0.1) is 0 Å². The maximum Gasteiger partial charge on any atom is 0.326 e. The molecule has 0 saturated heterocycles. The molecule has 1 aliphatic rings. The Kier molecular flexibility index (Phi) is 4.11. The fraction of sp³-hybridized carbons (Fsp3) is 0.357. The van der Waals surface area contributed by atoms with Crippen molar-refractivity contribution in [2.45, 2.75) is 19.0 Å². The van der Waals surface area contributed by atoms with E-state index in [1.165, 1.54) is 11.9 Å². The summed E-state index contributed by atoms with van der Waals surface area (Å²) < 4.78 is 0. The van der Waals surface area contributed by atoms with Crippen molar-refractivity contribution in [2.75, 3.05) is 13.6 Å². The van der Waals surface area contributed by atoms with Crippen LogP contribution in [0.15, 0.2) is 24.3 Å². The standard InChI is InChI=1S/C14H17N3O4/c1-16(8-12(15)18)14(21)17-7-10-5-3-2-4-9(10)6-11(17)13(19)20/h2-5,11H,6-8H2,1H3,(H2,15,18)(H,19,20)/t11-/m0/s1. The predicted octanol–water partition coefficient (Wildman–Crippen LogP) is 0.0350. The first-order chi connectivity index (χ1) is 9.90. The van der Waals surface area contributed by atoms with E-state index in [1.54, 1.807) is 0 Å². The van der Waals surface area contributed by atoms with Gasteiger partial charge >= 0.3 is 12.0 Å². The van der Waals surface area contributed by atoms with E-state index >= 15 is 0 Å². The molecular weight excluding hydrogens is 274 g/mol. The van der Waals surface area contributed by atoms with E-state index < -0.39 is 23.9 Å². The summed E-state index contributed by atoms with van der Waals surface area (Å²) in [7, 11) is 1.42. The van der Waals surface area contributed by atoms with E-state index in [2.05, 4.69) is 0 Å². The number of nitrogens with zero attached hydrogens (tertiary/aromatic N) is 2. The number of carbonyl (C=O) groups is 3. The maximum absolute atomic E-state index is 12.3. The normalized spacial score (nSPS) is 17.0. The number of primary amides is 1. The molecule has 21 heavy (non-hydrogen) atoms. The first-order valence-electron chi connectivity index (χ1n) is 6.49. The zero-order valence-electron chi connectivity index (χ0n) is 11.7. The second kappa shape index (κ2) is 5.82. The van der Waals surface area contributed by atoms with E-state index in [1.807, 2.05) is 24.3 Å². The summed E-state index contributed by atoms with van der Waals surface area (Å²) >= 11 is 0. The van der Waals surface area contributed by atoms with Crippen molar-refractivity contribution < 1.29 is 19.5 Å². The molecule has 0 unspecified atom stereocenters. The average molecular weight is 291 g/mol. The lowest BCUT2D eigenvalue weighted by molar-refractivity contribution is -0.142. The SMILES string of the molecule is CN(CC(N)=O)C(=O)N1Cc2ccccc2C[C@H]1C(=O)O. The number of benzene rings is 1. The minimum absolute atomic E-state index is 0.203. The molecule has 0 spiro atoms. The molecule has 112 valence electrons. The van der Waals surface area contributed by atoms with Crippen LogP contribution in [0.1, 0.15) is 11.1 Å². The van der Waals surface area contributed by atoms with Crippen LogP contribution in [0.3, 0.4) is 0 Å². The predicted molar refractivity (Wildman–Crippen MR) is 74.3 cm³/mol. The Morgan fingerprint density at radius 2 is 1.95 bits per heavy atom. The molecule has 3 N–H and O–H groups in total. The molecule has 7 heteroatoms. The Bertz CT molecular complexity index is 587. The summed E-state index contributed by atoms with van der Waals surface area (Å²) in [4.78, 5) is 37.1. The van der Waals surface area contributed by atoms with E-state index in [4.69, 9.17) is 5.73 Å². The van der Waals surface area contributed by atoms with Crippen molar-refractivity contribution in [3.63, 3.8) is 0 Å². The van der Waals surface area contributed by atoms with Gasteiger partial charge in [-0.05, 0) is 11.1 Å². The van der Waals surface area contributed by atoms with Gasteiger partial charge in [-0.25, -0.2) is 9.59 Å². The zero-order valence-corrected chi connectivity index (χ0v) is 11.7. The Labute approximate surface area is 121 Å². The minimum Gasteiger partial charge on any atom is -0.480 e. The highest BCUT2D eigenvalue weighted by Gasteiger charge is 2.35. The van der Waals surface area contributed by atoms with Crippen molar-refractivity contribution in [2.24, 2.45) is 5.73 Å². The molecule has 1 aromatic rings. The second-order valence-electron chi connectivity index (χ2n) is 5.06. The average Bonchev–Trinajstić information content (AvgIpc) is 2.44. The fourth-order valence-electron chi connectivity index (χ4n) is 2.47. The summed E-state index contributed by atoms with van der Waals surface area (Å²) in [5.41, 5.74) is 6.90. The topological polar surface area (TPSA) is 104 Å². The molecule has 0 fully saturated rings. The van der Waals surface area contributed by atoms with Crippen LogP contribution < -0.4 is 5.73 Å². The number of likely N-dealkylation sites (N-methyl/N-ethyl adjacent to an activating group) is 1. The number of hydrogen-bond donors (Lipinski definition) is 2. The molecule has 7 nitrogen and oxygen atoms in total. The Morgan fingerprint density at radius 3 is 2.52 bits per heavy atom. The van der Waals surface area contributed by atoms with Gasteiger partial charge in [0.1, 0.15) is 12.6 Å². The van der Waals surface area contributed by atoms with Crippen molar-refractivity contribution >= 4 is 17.9 Å². The fourth-order valence-corrected chi connectivity index (χ4v) is 2.47. The molecule has 1 heterocycles. The quantitative estimate of drug-likeness (QED) is 0.820. The summed E-state index contributed by atoms with van der Waals surface area (Å²) in [6.07, 6.45) is 0.252. The van der Waals surface area contributed by atoms with Gasteiger partial charge < -0.3 is 20.6 Å². The Balaban J connectivity index is 2.26. The van der Waals surface area contributed by atoms with Gasteiger partial charge in [-0.15, -0.1) is 0 Å². The largest absolute Gasteiger partial charge is 0.480 e. The minimum atomic E-state index is -1.06. The van der Waals surface area contributed by atoms with E-state index in [0.29, 0.717) is 0 Å². The van der Waals surface area contributed by atoms with Crippen LogP contribution in [-0.4, -0.2) is 52.4 Å². The van der Waals surface area contributed by atoms with Gasteiger partial charge in [-0.1, -0.05) is 24.3 Å². The zero-order chi connectivity index (χ0) is 15.6. The van der Waals surface area contributed by atoms with Crippen LogP contribution in [0.5, 0.6) is 0 Å². The van der Waals surface area contributed by atoms with Crippen LogP contribution in [0.4, 0.5) is 4.79 Å². The number of carboxylic acid groups (broad SMARTS) is 1. The molecule has 1 aromatic carbocycles. The van der Waals surface area contributed by atoms with E-state index in [9.17, 15) is 19.5 Å². The molecule has 0 radical (unpaired) electrons. The van der Waals surface area contributed by atoms with Gasteiger partial charge in [0.2, 0.25) is 5.91 Å². The number of urea groups is 1. The van der Waals surface area contributed by atoms with Gasteiger partial charge in [-0.2, -0.15) is 0 Å². The summed E-state index contributed by atoms with van der Waals surface area (Å²) in [5, 5.41) is 9.34. The van der Waals surface area contributed by atoms with Gasteiger partial charge in [-0.3, -0.25) is 4.79 Å². The number of carbonyl (C=O) groups excluding carboxylic acids is 2. The molecule has 1 aliphatic heterocycles. The number of carboxylic acids is 1. The first kappa shape index (κ1) is 14.8. The second-order valence-corrected chi connectivity index (χ2v) is 5.06. The van der Waals surface area contributed by atoms with Crippen LogP contribution in [0, 0.1) is 0 Å². The molecule has 0 saturated carbocycles. The van der Waals surface area contributed by atoms with Crippen LogP contribution >= 0.6 is 0 Å². The maximum atomic E-state index is 12.3. The smallest absolute Gasteiger partial charge is 0.326 e. The molecule has 3 amide bonds. The lowest BCUT2D eigenvalue weighted by Gasteiger charge is -2.36. The van der Waals surface area contributed by atoms with Crippen molar-refractivity contribution in [1.29, 1.82) is 0 Å². The van der Waals surface area contributed by atoms with Crippen LogP contribution in [0.25, 0.3) is 0 Å². The van der Waals surface area contributed by atoms with Crippen LogP contribution in [0.2, 0.25) is 0 Å². The monoisotopic (exact) mass is 291 g/mol. The van der Waals surface area contributed by atoms with Gasteiger partial charge in [0, 0.05) is 20.0 Å². The Hall–Kier alpha value is -2.57. The molecule has 1 atom stereocenters. The third-order valence-electron chi connectivity index (χ3n) is 3.50. The molecule has 0 aromatic heterocycles. The van der Waals surface area contributed by atoms with Gasteiger partial charge in [0.25, 0.3) is 0 Å². The number of rotatable bonds is 3. The number of amides is 3. The van der Waals surface area contributed by atoms with E-state index in [0.717, 1.165) is 16.0 Å². The van der Waals surface area contributed by atoms with Crippen molar-refractivity contribution in [3.8, 4) is 0 Å². The third kappa shape index (κ3) is 3.13. The summed E-state index contributed by atoms with van der Waals surface area (Å²) in [6.45, 7) is -0.0433. The highest BCUT2D eigenvalue weighted by Crippen LogP contribution is 2.24. The molecule has 0 aliphatic carbocycles. The lowest BCUT2D eigenvalue weighted by atomic mass is 9.94. The Morgan fingerprint density at radius 1 is 1.33 bits per heavy atom. The first-order valence-corrected chi connectivity index (χ1v) is 6.49. The highest BCUT2D eigenvalue weighted by molar-refractivity contribution is 5.86. The third-order valence-corrected chi connectivity index (χ3v) is 3.50. The number of hydrogen-bond acceptors (Lipinski definition) is 3. The van der Waals surface area contributed by atoms with Crippen LogP contribution in [-0.2, 0) is 22.6 Å². The number of nitrogens with two attached hydrogens (primary N) is 1. The van der Waals surface area contributed by atoms with Gasteiger partial charge in [0.15, 0.2) is 0 Å². The molecular formula is C14H17N3O4. The summed E-state index contributed by atoms with van der Waals surface area (Å²) in [5.74, 6) is -1.71. The van der Waals surface area contributed by atoms with Crippen molar-refractivity contribution in [3.05, 3.63) is 35.4 Å². The highest BCUT2D eigenvalue weighted by atomic mass is 16.4. The lowest BCUT2D eigenvalue weighted by Crippen LogP contribution is -2.53. The van der Waals surface area contributed by atoms with E-state index in [-0.39, 0.29) is 19.5 Å². The molecule has 2 rings (SSSR count). The number of aliphatic carboxylic acids is 1. The number of fused-ring (bicyclic) bond motifs is 1. The summed E-state index contributed by atoms with van der Waals surface area (Å²) in [6, 6.07) is 5.95.